The summed E-state index contributed by atoms with van der Waals surface area (Å²) in [5, 5.41) is 36.5. The zero-order valence-corrected chi connectivity index (χ0v) is 36.4. The number of nitrogens with zero attached hydrogens (tertiary/aromatic N) is 1. The fourth-order valence-corrected chi connectivity index (χ4v) is 6.07. The number of aliphatic hydroxyl groups is 1. The van der Waals surface area contributed by atoms with Crippen LogP contribution in [-0.2, 0) is 32.1 Å². The van der Waals surface area contributed by atoms with Crippen LogP contribution >= 0.6 is 0 Å². The van der Waals surface area contributed by atoms with E-state index in [9.17, 15) is 68.2 Å². The van der Waals surface area contributed by atoms with Crippen LogP contribution in [0.5, 0.6) is 0 Å². The first-order valence-corrected chi connectivity index (χ1v) is 19.6. The van der Waals surface area contributed by atoms with Crippen molar-refractivity contribution in [3.63, 3.8) is 0 Å². The van der Waals surface area contributed by atoms with Gasteiger partial charge in [0.1, 0.15) is 23.7 Å². The lowest BCUT2D eigenvalue weighted by Gasteiger charge is -2.38. The van der Waals surface area contributed by atoms with E-state index in [2.05, 4.69) is 5.32 Å². The van der Waals surface area contributed by atoms with Gasteiger partial charge in [0.25, 0.3) is 5.91 Å². The summed E-state index contributed by atoms with van der Waals surface area (Å²) in [7, 11) is 0. The molecular formula is C41H49F12N9O5. The number of aliphatic hydroxyl groups excluding tert-OH is 1. The van der Waals surface area contributed by atoms with Crippen molar-refractivity contribution in [2.24, 2.45) is 10.8 Å². The van der Waals surface area contributed by atoms with Crippen molar-refractivity contribution in [3.05, 3.63) is 82.7 Å². The Morgan fingerprint density at radius 2 is 1.10 bits per heavy atom. The number of halogens is 12. The Morgan fingerprint density at radius 3 is 1.49 bits per heavy atom. The molecule has 0 aliphatic carbocycles. The lowest BCUT2D eigenvalue weighted by molar-refractivity contribution is -0.222. The largest absolute Gasteiger partial charge is 0.396 e. The minimum Gasteiger partial charge on any atom is -0.390 e. The highest BCUT2D eigenvalue weighted by atomic mass is 19.4. The zero-order chi connectivity index (χ0) is 51.4. The van der Waals surface area contributed by atoms with Crippen LogP contribution in [0.4, 0.5) is 52.7 Å². The van der Waals surface area contributed by atoms with Gasteiger partial charge in [-0.25, -0.2) is 13.8 Å². The van der Waals surface area contributed by atoms with Crippen molar-refractivity contribution in [1.82, 2.24) is 37.0 Å². The molecule has 67 heavy (non-hydrogen) atoms. The van der Waals surface area contributed by atoms with Gasteiger partial charge in [-0.05, 0) is 62.9 Å². The number of carbonyl (C=O) groups excluding carboxylic acids is 4. The van der Waals surface area contributed by atoms with E-state index in [4.69, 9.17) is 10.8 Å². The van der Waals surface area contributed by atoms with Gasteiger partial charge in [0.15, 0.2) is 0 Å². The summed E-state index contributed by atoms with van der Waals surface area (Å²) in [5.41, 5.74) is -5.82. The van der Waals surface area contributed by atoms with E-state index in [0.29, 0.717) is 63.5 Å². The average Bonchev–Trinajstić information content (AvgIpc) is 3.19. The number of carbonyl (C=O) groups is 4. The monoisotopic (exact) mass is 975 g/mol. The van der Waals surface area contributed by atoms with Gasteiger partial charge in [0.2, 0.25) is 17.7 Å². The van der Waals surface area contributed by atoms with Crippen LogP contribution in [0.15, 0.2) is 48.8 Å². The molecule has 0 heterocycles. The fourth-order valence-electron chi connectivity index (χ4n) is 6.07. The molecule has 0 spiro atoms. The van der Waals surface area contributed by atoms with Crippen LogP contribution in [-0.4, -0.2) is 102 Å². The third-order valence-corrected chi connectivity index (χ3v) is 10.2. The number of hydrogen-bond donors (Lipinski definition) is 9. The van der Waals surface area contributed by atoms with Gasteiger partial charge in [0.05, 0.1) is 23.0 Å². The van der Waals surface area contributed by atoms with Gasteiger partial charge in [-0.3, -0.25) is 24.6 Å². The van der Waals surface area contributed by atoms with Gasteiger partial charge >= 0.3 is 25.5 Å². The highest BCUT2D eigenvalue weighted by Gasteiger charge is 2.57. The molecule has 0 aliphatic rings. The van der Waals surface area contributed by atoms with Gasteiger partial charge in [-0.2, -0.15) is 43.9 Å². The molecule has 9 N–H and O–H groups in total. The Labute approximate surface area is 376 Å². The van der Waals surface area contributed by atoms with E-state index in [1.807, 2.05) is 16.1 Å². The molecular weight excluding hydrogens is 926 g/mol. The number of amides is 4. The second-order valence-corrected chi connectivity index (χ2v) is 16.0. The molecule has 26 heteroatoms. The number of hydrazine groups is 1. The van der Waals surface area contributed by atoms with Crippen molar-refractivity contribution in [2.45, 2.75) is 104 Å². The second kappa shape index (κ2) is 23.5. The maximum atomic E-state index is 15.8. The highest BCUT2D eigenvalue weighted by Crippen LogP contribution is 2.42. The Balaban J connectivity index is 2.85. The predicted octanol–water partition coefficient (Wildman–Crippen LogP) is 5.68. The summed E-state index contributed by atoms with van der Waals surface area (Å²) in [6, 6.07) is -0.464. The third-order valence-electron chi connectivity index (χ3n) is 10.2. The highest BCUT2D eigenvalue weighted by molar-refractivity contribution is 6.08. The summed E-state index contributed by atoms with van der Waals surface area (Å²) in [6.45, 7) is -4.74. The second-order valence-electron chi connectivity index (χ2n) is 16.0. The van der Waals surface area contributed by atoms with Gasteiger partial charge in [0, 0.05) is 68.5 Å². The minimum atomic E-state index is -5.20. The first kappa shape index (κ1) is 56.9. The minimum absolute atomic E-state index is 0.0655. The van der Waals surface area contributed by atoms with E-state index in [1.165, 1.54) is 29.6 Å². The summed E-state index contributed by atoms with van der Waals surface area (Å²) >= 11 is 0. The number of allylic oxidation sites excluding steroid dienone is 2. The average molecular weight is 976 g/mol. The van der Waals surface area contributed by atoms with Crippen LogP contribution in [0.3, 0.4) is 0 Å². The summed E-state index contributed by atoms with van der Waals surface area (Å²) in [5.74, 6) is -8.48. The third kappa shape index (κ3) is 16.0. The van der Waals surface area contributed by atoms with Crippen LogP contribution in [0.25, 0.3) is 11.1 Å². The molecule has 372 valence electrons. The molecule has 4 atom stereocenters. The molecule has 0 fully saturated rings. The van der Waals surface area contributed by atoms with Crippen LogP contribution in [0.1, 0.15) is 63.8 Å². The number of benzene rings is 2. The van der Waals surface area contributed by atoms with Crippen molar-refractivity contribution in [3.8, 4) is 0 Å². The van der Waals surface area contributed by atoms with E-state index < -0.39 is 132 Å². The maximum absolute atomic E-state index is 15.8. The van der Waals surface area contributed by atoms with Crippen molar-refractivity contribution in [1.29, 1.82) is 10.8 Å². The zero-order valence-electron chi connectivity index (χ0n) is 36.4. The molecule has 0 aromatic heterocycles. The van der Waals surface area contributed by atoms with E-state index in [0.717, 1.165) is 20.0 Å². The molecule has 0 aliphatic heterocycles. The lowest BCUT2D eigenvalue weighted by Crippen LogP contribution is -2.63. The Hall–Kier alpha value is -6.18. The maximum Gasteiger partial charge on any atom is 0.396 e. The Bertz CT molecular complexity index is 2120. The van der Waals surface area contributed by atoms with E-state index >= 15 is 8.78 Å². The molecule has 14 nitrogen and oxygen atoms in total. The van der Waals surface area contributed by atoms with Crippen molar-refractivity contribution in [2.75, 3.05) is 6.54 Å². The quantitative estimate of drug-likeness (QED) is 0.0292. The molecule has 2 aromatic carbocycles. The van der Waals surface area contributed by atoms with Gasteiger partial charge in [-0.1, -0.05) is 24.3 Å². The van der Waals surface area contributed by atoms with E-state index in [1.54, 1.807) is 5.32 Å². The summed E-state index contributed by atoms with van der Waals surface area (Å²) in [6.07, 6.45) is -10.6. The smallest absolute Gasteiger partial charge is 0.390 e. The SMILES string of the molecule is CC(=O)N[C@H](C(=O)N[C@@H](Cc1ccc(/C(C=N)=C/NC(F)F)cc1)[C@@H](O)CN(Cc1c(F)cc(/C(C=N)=C/NC(F)F)cc1F)NC(=O)[C@@H](NC(C)=O)C(C)(C)C(F)(F)F)C(C)(C)C(F)(F)F. The van der Waals surface area contributed by atoms with Crippen LogP contribution in [0.2, 0.25) is 0 Å². The first-order valence-electron chi connectivity index (χ1n) is 19.6. The lowest BCUT2D eigenvalue weighted by atomic mass is 9.82. The number of nitrogens with one attached hydrogen (secondary N) is 8. The first-order chi connectivity index (χ1) is 30.8. The van der Waals surface area contributed by atoms with Gasteiger partial charge < -0.3 is 42.5 Å². The molecule has 4 amide bonds. The Morgan fingerprint density at radius 1 is 0.687 bits per heavy atom. The number of rotatable bonds is 23. The van der Waals surface area contributed by atoms with Crippen LogP contribution < -0.4 is 32.0 Å². The van der Waals surface area contributed by atoms with Crippen molar-refractivity contribution >= 4 is 47.2 Å². The summed E-state index contributed by atoms with van der Waals surface area (Å²) < 4.78 is 168. The molecule has 0 bridgehead atoms. The fraction of sp³-hybridized carbons (Fsp3) is 0.463. The van der Waals surface area contributed by atoms with Crippen LogP contribution in [0, 0.1) is 33.3 Å². The Kier molecular flexibility index (Phi) is 20.0. The molecule has 0 radical (unpaired) electrons. The topological polar surface area (TPSA) is 212 Å². The predicted molar refractivity (Wildman–Crippen MR) is 220 cm³/mol. The van der Waals surface area contributed by atoms with Crippen molar-refractivity contribution < 1.29 is 77.0 Å². The standard InChI is InChI=1S/C41H49F12N9O5/c1-20(63)58-32(38(3,4)40(48,49)50)34(66)60-30(11-22-7-9-23(10-8-22)25(14-54)16-56-36(44)45)31(65)19-62(61-35(67)33(59-21(2)64)39(5,6)41(51,52)53)18-27-28(42)12-24(13-29(27)43)26(15-55)17-57-37(46)47/h7-10,12-17,30-33,36-37,54-57,65H,11,18-19H2,1-6H3,(H,58,63)(H,59,64)(H,60,66)(H,61,67)/b25-16+,26-17+,54-14?,55-15?/t30-,31-,32+,33+/m0/s1. The summed E-state index contributed by atoms with van der Waals surface area (Å²) in [4.78, 5) is 51.7. The molecule has 0 unspecified atom stereocenters. The molecule has 0 saturated carbocycles. The van der Waals surface area contributed by atoms with E-state index in [-0.39, 0.29) is 16.7 Å². The van der Waals surface area contributed by atoms with Gasteiger partial charge in [-0.15, -0.1) is 0 Å². The normalized spacial score (nSPS) is 14.8. The molecule has 2 rings (SSSR count). The molecule has 2 aromatic rings. The number of alkyl halides is 10. The molecule has 0 saturated heterocycles. The number of hydrogen-bond acceptors (Lipinski definition) is 10.